The number of carbonyl (C=O) groups excluding carboxylic acids is 1. The molecule has 0 saturated heterocycles. The summed E-state index contributed by atoms with van der Waals surface area (Å²) in [6.45, 7) is 3.88. The summed E-state index contributed by atoms with van der Waals surface area (Å²) in [6.07, 6.45) is 3.04. The van der Waals surface area contributed by atoms with Crippen LogP contribution in [0, 0.1) is 13.8 Å². The lowest BCUT2D eigenvalue weighted by Gasteiger charge is -2.11. The third kappa shape index (κ3) is 4.53. The Hall–Kier alpha value is -1.49. The normalized spacial score (nSPS) is 10.9. The summed E-state index contributed by atoms with van der Waals surface area (Å²) in [7, 11) is 1.51. The number of rotatable bonds is 4. The largest absolute Gasteiger partial charge is 0.495 e. The zero-order valence-corrected chi connectivity index (χ0v) is 16.5. The van der Waals surface area contributed by atoms with Crippen molar-refractivity contribution in [1.82, 2.24) is 0 Å². The smallest absolute Gasteiger partial charge is 0.248 e. The molecule has 0 fully saturated rings. The first-order valence-electron chi connectivity index (χ1n) is 7.10. The minimum Gasteiger partial charge on any atom is -0.495 e. The third-order valence-electron chi connectivity index (χ3n) is 3.40. The highest BCUT2D eigenvalue weighted by atomic mass is 79.9. The number of aryl methyl sites for hydroxylation is 2. The Bertz CT molecular complexity index is 796. The Labute approximate surface area is 159 Å². The van der Waals surface area contributed by atoms with Gasteiger partial charge in [0.15, 0.2) is 0 Å². The zero-order valence-electron chi connectivity index (χ0n) is 13.4. The lowest BCUT2D eigenvalue weighted by molar-refractivity contribution is -0.111. The molecule has 0 heterocycles. The number of hydrogen-bond donors (Lipinski definition) is 1. The van der Waals surface area contributed by atoms with E-state index in [0.717, 1.165) is 21.3 Å². The Kier molecular flexibility index (Phi) is 6.33. The van der Waals surface area contributed by atoms with Crippen LogP contribution in [0.2, 0.25) is 10.0 Å². The third-order valence-corrected chi connectivity index (χ3v) is 4.36. The van der Waals surface area contributed by atoms with E-state index >= 15 is 0 Å². The van der Waals surface area contributed by atoms with Crippen molar-refractivity contribution in [3.05, 3.63) is 61.5 Å². The molecule has 6 heteroatoms. The maximum absolute atomic E-state index is 12.2. The molecular weight excluding hydrogens is 413 g/mol. The van der Waals surface area contributed by atoms with E-state index in [-0.39, 0.29) is 5.91 Å². The van der Waals surface area contributed by atoms with Gasteiger partial charge in [-0.25, -0.2) is 0 Å². The molecule has 0 aliphatic carbocycles. The SMILES string of the molecule is COc1c(Cl)cc(Cl)cc1/C=C/C(=O)Nc1c(C)cc(Br)cc1C. The Morgan fingerprint density at radius 2 is 1.79 bits per heavy atom. The monoisotopic (exact) mass is 427 g/mol. The van der Waals surface area contributed by atoms with Gasteiger partial charge in [-0.1, -0.05) is 39.1 Å². The van der Waals surface area contributed by atoms with Crippen LogP contribution >= 0.6 is 39.1 Å². The minimum absolute atomic E-state index is 0.248. The predicted molar refractivity (Wildman–Crippen MR) is 104 cm³/mol. The second kappa shape index (κ2) is 8.06. The summed E-state index contributed by atoms with van der Waals surface area (Å²) in [5, 5.41) is 3.76. The van der Waals surface area contributed by atoms with Gasteiger partial charge in [0.25, 0.3) is 0 Å². The minimum atomic E-state index is -0.248. The molecule has 0 spiro atoms. The average Bonchev–Trinajstić information content (AvgIpc) is 2.48. The maximum Gasteiger partial charge on any atom is 0.248 e. The first kappa shape index (κ1) is 18.8. The van der Waals surface area contributed by atoms with Crippen molar-refractivity contribution in [3.8, 4) is 5.75 Å². The van der Waals surface area contributed by atoms with Crippen LogP contribution in [0.4, 0.5) is 5.69 Å². The van der Waals surface area contributed by atoms with Crippen LogP contribution in [-0.2, 0) is 4.79 Å². The topological polar surface area (TPSA) is 38.3 Å². The van der Waals surface area contributed by atoms with Crippen molar-refractivity contribution in [1.29, 1.82) is 0 Å². The summed E-state index contributed by atoms with van der Waals surface area (Å²) in [6, 6.07) is 7.18. The highest BCUT2D eigenvalue weighted by Crippen LogP contribution is 2.33. The molecule has 2 rings (SSSR count). The standard InChI is InChI=1S/C18H16BrCl2NO2/c1-10-6-13(19)7-11(2)17(10)22-16(23)5-4-12-8-14(20)9-15(21)18(12)24-3/h4-9H,1-3H3,(H,22,23)/b5-4+. The second-order valence-corrected chi connectivity index (χ2v) is 7.01. The van der Waals surface area contributed by atoms with Gasteiger partial charge in [-0.15, -0.1) is 0 Å². The molecule has 2 aromatic carbocycles. The quantitative estimate of drug-likeness (QED) is 0.603. The van der Waals surface area contributed by atoms with Crippen molar-refractivity contribution in [3.63, 3.8) is 0 Å². The molecule has 0 radical (unpaired) electrons. The van der Waals surface area contributed by atoms with E-state index in [4.69, 9.17) is 27.9 Å². The van der Waals surface area contributed by atoms with Gasteiger partial charge in [0.05, 0.1) is 12.1 Å². The van der Waals surface area contributed by atoms with Gasteiger partial charge in [-0.3, -0.25) is 4.79 Å². The first-order chi connectivity index (χ1) is 11.3. The van der Waals surface area contributed by atoms with E-state index in [0.29, 0.717) is 21.4 Å². The van der Waals surface area contributed by atoms with Gasteiger partial charge >= 0.3 is 0 Å². The van der Waals surface area contributed by atoms with Crippen molar-refractivity contribution in [2.75, 3.05) is 12.4 Å². The van der Waals surface area contributed by atoms with E-state index in [2.05, 4.69) is 21.2 Å². The highest BCUT2D eigenvalue weighted by Gasteiger charge is 2.09. The van der Waals surface area contributed by atoms with E-state index in [1.807, 2.05) is 26.0 Å². The number of hydrogen-bond acceptors (Lipinski definition) is 2. The molecule has 126 valence electrons. The van der Waals surface area contributed by atoms with Gasteiger partial charge in [-0.2, -0.15) is 0 Å². The lowest BCUT2D eigenvalue weighted by Crippen LogP contribution is -2.10. The Morgan fingerprint density at radius 1 is 1.17 bits per heavy atom. The molecule has 0 saturated carbocycles. The van der Waals surface area contributed by atoms with Gasteiger partial charge in [-0.05, 0) is 55.3 Å². The van der Waals surface area contributed by atoms with E-state index in [1.54, 1.807) is 18.2 Å². The highest BCUT2D eigenvalue weighted by molar-refractivity contribution is 9.10. The number of ether oxygens (including phenoxy) is 1. The van der Waals surface area contributed by atoms with E-state index in [9.17, 15) is 4.79 Å². The van der Waals surface area contributed by atoms with Gasteiger partial charge in [0.2, 0.25) is 5.91 Å². The lowest BCUT2D eigenvalue weighted by atomic mass is 10.1. The number of benzene rings is 2. The summed E-state index contributed by atoms with van der Waals surface area (Å²) >= 11 is 15.5. The fourth-order valence-corrected chi connectivity index (χ4v) is 3.63. The Balaban J connectivity index is 2.23. The van der Waals surface area contributed by atoms with Gasteiger partial charge in [0.1, 0.15) is 5.75 Å². The number of amides is 1. The summed E-state index contributed by atoms with van der Waals surface area (Å²) in [5.41, 5.74) is 3.39. The molecular formula is C18H16BrCl2NO2. The Morgan fingerprint density at radius 3 is 2.38 bits per heavy atom. The number of methoxy groups -OCH3 is 1. The molecule has 2 aromatic rings. The summed E-state index contributed by atoms with van der Waals surface area (Å²) in [5.74, 6) is 0.225. The van der Waals surface area contributed by atoms with E-state index in [1.165, 1.54) is 13.2 Å². The summed E-state index contributed by atoms with van der Waals surface area (Å²) < 4.78 is 6.23. The van der Waals surface area contributed by atoms with E-state index < -0.39 is 0 Å². The fraction of sp³-hybridized carbons (Fsp3) is 0.167. The van der Waals surface area contributed by atoms with Crippen molar-refractivity contribution in [2.45, 2.75) is 13.8 Å². The van der Waals surface area contributed by atoms with Crippen molar-refractivity contribution >= 4 is 56.8 Å². The van der Waals surface area contributed by atoms with Gasteiger partial charge in [0, 0.05) is 26.8 Å². The molecule has 1 N–H and O–H groups in total. The number of carbonyl (C=O) groups is 1. The number of halogens is 3. The van der Waals surface area contributed by atoms with Crippen molar-refractivity contribution in [2.24, 2.45) is 0 Å². The predicted octanol–water partition coefficient (Wildman–Crippen LogP) is 6.03. The fourth-order valence-electron chi connectivity index (χ4n) is 2.36. The van der Waals surface area contributed by atoms with Crippen LogP contribution in [0.5, 0.6) is 5.75 Å². The average molecular weight is 429 g/mol. The molecule has 0 aliphatic heterocycles. The second-order valence-electron chi connectivity index (χ2n) is 5.25. The molecule has 0 aliphatic rings. The molecule has 3 nitrogen and oxygen atoms in total. The summed E-state index contributed by atoms with van der Waals surface area (Å²) in [4.78, 5) is 12.2. The van der Waals surface area contributed by atoms with Crippen LogP contribution in [-0.4, -0.2) is 13.0 Å². The molecule has 0 unspecified atom stereocenters. The molecule has 0 aromatic heterocycles. The van der Waals surface area contributed by atoms with Crippen LogP contribution in [0.25, 0.3) is 6.08 Å². The van der Waals surface area contributed by atoms with Crippen LogP contribution in [0.1, 0.15) is 16.7 Å². The molecule has 1 amide bonds. The van der Waals surface area contributed by atoms with Gasteiger partial charge < -0.3 is 10.1 Å². The van der Waals surface area contributed by atoms with Crippen LogP contribution < -0.4 is 10.1 Å². The number of anilines is 1. The molecule has 24 heavy (non-hydrogen) atoms. The first-order valence-corrected chi connectivity index (χ1v) is 8.65. The zero-order chi connectivity index (χ0) is 17.9. The van der Waals surface area contributed by atoms with Crippen LogP contribution in [0.3, 0.4) is 0 Å². The van der Waals surface area contributed by atoms with Crippen LogP contribution in [0.15, 0.2) is 34.8 Å². The molecule has 0 atom stereocenters. The maximum atomic E-state index is 12.2. The van der Waals surface area contributed by atoms with Crippen molar-refractivity contribution < 1.29 is 9.53 Å². The number of nitrogens with one attached hydrogen (secondary N) is 1. The molecule has 0 bridgehead atoms.